The van der Waals surface area contributed by atoms with E-state index in [9.17, 15) is 0 Å². The molecule has 0 saturated carbocycles. The van der Waals surface area contributed by atoms with Gasteiger partial charge in [0.15, 0.2) is 0 Å². The van der Waals surface area contributed by atoms with Gasteiger partial charge in [0, 0.05) is 5.56 Å². The normalized spacial score (nSPS) is 11.8. The second-order valence-electron chi connectivity index (χ2n) is 2.35. The number of para-hydroxylation sites is 1. The maximum atomic E-state index is 8.58. The molecule has 12 heavy (non-hydrogen) atoms. The lowest BCUT2D eigenvalue weighted by Crippen LogP contribution is -2.08. The minimum atomic E-state index is -0.610. The van der Waals surface area contributed by atoms with Gasteiger partial charge in [-0.25, -0.2) is 0 Å². The fraction of sp³-hybridized carbons (Fsp3) is 0.222. The first-order valence-electron chi connectivity index (χ1n) is 3.57. The van der Waals surface area contributed by atoms with Crippen molar-refractivity contribution in [2.45, 2.75) is 6.04 Å². The van der Waals surface area contributed by atoms with Gasteiger partial charge < -0.3 is 10.5 Å². The van der Waals surface area contributed by atoms with Crippen LogP contribution in [-0.2, 0) is 0 Å². The summed E-state index contributed by atoms with van der Waals surface area (Å²) in [5.74, 6) is 0.659. The highest BCUT2D eigenvalue weighted by molar-refractivity contribution is 5.38. The fourth-order valence-electron chi connectivity index (χ4n) is 0.993. The Morgan fingerprint density at radius 2 is 2.17 bits per heavy atom. The summed E-state index contributed by atoms with van der Waals surface area (Å²) in [6.07, 6.45) is 0. The smallest absolute Gasteiger partial charge is 0.124 e. The number of benzene rings is 1. The predicted octanol–water partition coefficient (Wildman–Crippen LogP) is 1.22. The van der Waals surface area contributed by atoms with Crippen LogP contribution in [0, 0.1) is 11.3 Å². The van der Waals surface area contributed by atoms with Crippen LogP contribution in [0.25, 0.3) is 0 Å². The Bertz CT molecular complexity index is 304. The summed E-state index contributed by atoms with van der Waals surface area (Å²) in [7, 11) is 1.56. The topological polar surface area (TPSA) is 59.0 Å². The van der Waals surface area contributed by atoms with E-state index < -0.39 is 6.04 Å². The van der Waals surface area contributed by atoms with Gasteiger partial charge in [-0.05, 0) is 6.07 Å². The minimum Gasteiger partial charge on any atom is -0.496 e. The third-order valence-corrected chi connectivity index (χ3v) is 1.61. The quantitative estimate of drug-likeness (QED) is 0.711. The van der Waals surface area contributed by atoms with Gasteiger partial charge in [-0.2, -0.15) is 5.26 Å². The van der Waals surface area contributed by atoms with Crippen LogP contribution in [0.3, 0.4) is 0 Å². The molecule has 0 fully saturated rings. The average molecular weight is 162 g/mol. The Morgan fingerprint density at radius 1 is 1.50 bits per heavy atom. The number of rotatable bonds is 2. The molecular formula is C9H10N2O. The summed E-state index contributed by atoms with van der Waals surface area (Å²) >= 11 is 0. The molecule has 1 atom stereocenters. The Hall–Kier alpha value is -1.53. The summed E-state index contributed by atoms with van der Waals surface area (Å²) in [6.45, 7) is 0. The van der Waals surface area contributed by atoms with E-state index in [4.69, 9.17) is 15.7 Å². The van der Waals surface area contributed by atoms with Gasteiger partial charge in [-0.1, -0.05) is 18.2 Å². The van der Waals surface area contributed by atoms with Crippen LogP contribution < -0.4 is 10.5 Å². The SMILES string of the molecule is COc1ccccc1C(N)C#N. The van der Waals surface area contributed by atoms with Crippen LogP contribution >= 0.6 is 0 Å². The van der Waals surface area contributed by atoms with Crippen molar-refractivity contribution in [2.24, 2.45) is 5.73 Å². The Balaban J connectivity index is 3.06. The summed E-state index contributed by atoms with van der Waals surface area (Å²) in [6, 6.07) is 8.58. The molecular weight excluding hydrogens is 152 g/mol. The lowest BCUT2D eigenvalue weighted by molar-refractivity contribution is 0.408. The highest BCUT2D eigenvalue weighted by Crippen LogP contribution is 2.22. The first kappa shape index (κ1) is 8.57. The van der Waals surface area contributed by atoms with E-state index in [1.165, 1.54) is 0 Å². The lowest BCUT2D eigenvalue weighted by atomic mass is 10.1. The summed E-state index contributed by atoms with van der Waals surface area (Å²) < 4.78 is 5.04. The second-order valence-corrected chi connectivity index (χ2v) is 2.35. The molecule has 3 nitrogen and oxygen atoms in total. The van der Waals surface area contributed by atoms with Gasteiger partial charge in [0.1, 0.15) is 11.8 Å². The van der Waals surface area contributed by atoms with Crippen LogP contribution in [0.1, 0.15) is 11.6 Å². The molecule has 3 heteroatoms. The van der Waals surface area contributed by atoms with Crippen LogP contribution in [0.2, 0.25) is 0 Å². The molecule has 0 radical (unpaired) electrons. The molecule has 0 spiro atoms. The molecule has 0 bridgehead atoms. The molecule has 0 amide bonds. The first-order valence-corrected chi connectivity index (χ1v) is 3.57. The van der Waals surface area contributed by atoms with Crippen LogP contribution in [0.4, 0.5) is 0 Å². The standard InChI is InChI=1S/C9H10N2O/c1-12-9-5-3-2-4-7(9)8(11)6-10/h2-5,8H,11H2,1H3. The molecule has 2 N–H and O–H groups in total. The zero-order chi connectivity index (χ0) is 8.97. The van der Waals surface area contributed by atoms with E-state index in [1.54, 1.807) is 19.2 Å². The van der Waals surface area contributed by atoms with E-state index in [1.807, 2.05) is 18.2 Å². The van der Waals surface area contributed by atoms with E-state index >= 15 is 0 Å². The first-order chi connectivity index (χ1) is 5.79. The lowest BCUT2D eigenvalue weighted by Gasteiger charge is -2.08. The van der Waals surface area contributed by atoms with Crippen molar-refractivity contribution in [3.8, 4) is 11.8 Å². The zero-order valence-electron chi connectivity index (χ0n) is 6.82. The fourth-order valence-corrected chi connectivity index (χ4v) is 0.993. The molecule has 0 heterocycles. The number of nitrogens with two attached hydrogens (primary N) is 1. The van der Waals surface area contributed by atoms with Gasteiger partial charge in [-0.3, -0.25) is 0 Å². The van der Waals surface area contributed by atoms with Gasteiger partial charge in [-0.15, -0.1) is 0 Å². The molecule has 0 aromatic heterocycles. The third kappa shape index (κ3) is 1.55. The van der Waals surface area contributed by atoms with Gasteiger partial charge >= 0.3 is 0 Å². The van der Waals surface area contributed by atoms with Crippen molar-refractivity contribution in [1.82, 2.24) is 0 Å². The van der Waals surface area contributed by atoms with E-state index in [-0.39, 0.29) is 0 Å². The molecule has 1 rings (SSSR count). The molecule has 62 valence electrons. The van der Waals surface area contributed by atoms with Crippen molar-refractivity contribution >= 4 is 0 Å². The number of hydrogen-bond acceptors (Lipinski definition) is 3. The van der Waals surface area contributed by atoms with E-state index in [0.29, 0.717) is 5.75 Å². The average Bonchev–Trinajstić information content (AvgIpc) is 2.16. The summed E-state index contributed by atoms with van der Waals surface area (Å²) in [5, 5.41) is 8.58. The van der Waals surface area contributed by atoms with Crippen LogP contribution in [0.5, 0.6) is 5.75 Å². The van der Waals surface area contributed by atoms with Gasteiger partial charge in [0.25, 0.3) is 0 Å². The Labute approximate surface area is 71.4 Å². The van der Waals surface area contributed by atoms with Crippen LogP contribution in [0.15, 0.2) is 24.3 Å². The number of nitrogens with zero attached hydrogens (tertiary/aromatic N) is 1. The van der Waals surface area contributed by atoms with E-state index in [0.717, 1.165) is 5.56 Å². The second kappa shape index (κ2) is 3.74. The Kier molecular flexibility index (Phi) is 2.67. The number of ether oxygens (including phenoxy) is 1. The van der Waals surface area contributed by atoms with E-state index in [2.05, 4.69) is 0 Å². The molecule has 0 saturated heterocycles. The Morgan fingerprint density at radius 3 is 2.75 bits per heavy atom. The maximum absolute atomic E-state index is 8.58. The van der Waals surface area contributed by atoms with Crippen LogP contribution in [-0.4, -0.2) is 7.11 Å². The summed E-state index contributed by atoms with van der Waals surface area (Å²) in [5.41, 5.74) is 6.25. The van der Waals surface area contributed by atoms with Crippen molar-refractivity contribution < 1.29 is 4.74 Å². The largest absolute Gasteiger partial charge is 0.496 e. The van der Waals surface area contributed by atoms with Crippen molar-refractivity contribution in [3.05, 3.63) is 29.8 Å². The molecule has 1 unspecified atom stereocenters. The number of hydrogen-bond donors (Lipinski definition) is 1. The molecule has 0 aliphatic heterocycles. The number of nitriles is 1. The minimum absolute atomic E-state index is 0.610. The summed E-state index contributed by atoms with van der Waals surface area (Å²) in [4.78, 5) is 0. The van der Waals surface area contributed by atoms with Crippen molar-refractivity contribution in [1.29, 1.82) is 5.26 Å². The predicted molar refractivity (Wildman–Crippen MR) is 45.5 cm³/mol. The molecule has 1 aromatic rings. The molecule has 0 aliphatic carbocycles. The maximum Gasteiger partial charge on any atom is 0.124 e. The highest BCUT2D eigenvalue weighted by Gasteiger charge is 2.08. The van der Waals surface area contributed by atoms with Crippen molar-refractivity contribution in [2.75, 3.05) is 7.11 Å². The third-order valence-electron chi connectivity index (χ3n) is 1.61. The van der Waals surface area contributed by atoms with Gasteiger partial charge in [0.05, 0.1) is 13.2 Å². The molecule has 0 aliphatic rings. The highest BCUT2D eigenvalue weighted by atomic mass is 16.5. The monoisotopic (exact) mass is 162 g/mol. The zero-order valence-corrected chi connectivity index (χ0v) is 6.82. The van der Waals surface area contributed by atoms with Crippen molar-refractivity contribution in [3.63, 3.8) is 0 Å². The van der Waals surface area contributed by atoms with Gasteiger partial charge in [0.2, 0.25) is 0 Å². The number of methoxy groups -OCH3 is 1. The molecule has 1 aromatic carbocycles.